The molecule has 0 aromatic carbocycles. The van der Waals surface area contributed by atoms with Gasteiger partial charge in [-0.3, -0.25) is 0 Å². The summed E-state index contributed by atoms with van der Waals surface area (Å²) in [5.74, 6) is 5.49. The van der Waals surface area contributed by atoms with Crippen LogP contribution >= 0.6 is 0 Å². The Kier molecular flexibility index (Phi) is 6.81. The zero-order valence-corrected chi connectivity index (χ0v) is 21.5. The molecule has 4 heteroatoms. The van der Waals surface area contributed by atoms with Crippen molar-refractivity contribution in [3.63, 3.8) is 0 Å². The van der Waals surface area contributed by atoms with Crippen LogP contribution in [-0.4, -0.2) is 28.9 Å². The fourth-order valence-electron chi connectivity index (χ4n) is 9.49. The van der Waals surface area contributed by atoms with E-state index in [-0.39, 0.29) is 0 Å². The van der Waals surface area contributed by atoms with Crippen LogP contribution in [0.2, 0.25) is 0 Å². The Morgan fingerprint density at radius 2 is 1.94 bits per heavy atom. The minimum Gasteiger partial charge on any atom is -0.387 e. The van der Waals surface area contributed by atoms with Gasteiger partial charge in [0.1, 0.15) is 11.8 Å². The number of hydrogen-bond acceptors (Lipinski definition) is 4. The van der Waals surface area contributed by atoms with Crippen LogP contribution in [0.1, 0.15) is 89.9 Å². The first-order valence-corrected chi connectivity index (χ1v) is 14.0. The summed E-state index contributed by atoms with van der Waals surface area (Å²) < 4.78 is 5.65. The van der Waals surface area contributed by atoms with Gasteiger partial charge in [-0.2, -0.15) is 5.26 Å². The third-order valence-corrected chi connectivity index (χ3v) is 10.9. The molecule has 0 bridgehead atoms. The molecule has 4 aliphatic rings. The zero-order valence-electron chi connectivity index (χ0n) is 21.5. The topological polar surface area (TPSA) is 66.1 Å². The SMILES string of the molecule is CCOC[C@@]1(O)CC[C@H]2[C@H](CC[C@@H]3[C@@H]2CC[C@]2(C)C([C@H](C)Cc4cccc(C#N)n4)CC[C@@H]32)C1. The smallest absolute Gasteiger partial charge is 0.140 e. The van der Waals surface area contributed by atoms with Crippen molar-refractivity contribution in [1.29, 1.82) is 5.26 Å². The summed E-state index contributed by atoms with van der Waals surface area (Å²) in [6.45, 7) is 8.29. The summed E-state index contributed by atoms with van der Waals surface area (Å²) in [5.41, 5.74) is 1.48. The number of nitriles is 1. The predicted molar refractivity (Wildman–Crippen MR) is 134 cm³/mol. The number of aromatic nitrogens is 1. The van der Waals surface area contributed by atoms with Crippen LogP contribution in [0.25, 0.3) is 0 Å². The van der Waals surface area contributed by atoms with Crippen LogP contribution in [0.4, 0.5) is 0 Å². The molecular weight excluding hydrogens is 420 g/mol. The van der Waals surface area contributed by atoms with Crippen molar-refractivity contribution < 1.29 is 9.84 Å². The summed E-state index contributed by atoms with van der Waals surface area (Å²) in [6.07, 6.45) is 12.2. The number of aliphatic hydroxyl groups is 1. The van der Waals surface area contributed by atoms with E-state index in [9.17, 15) is 10.4 Å². The Morgan fingerprint density at radius 1 is 1.12 bits per heavy atom. The van der Waals surface area contributed by atoms with Crippen LogP contribution in [0.5, 0.6) is 0 Å². The van der Waals surface area contributed by atoms with Crippen LogP contribution in [-0.2, 0) is 11.2 Å². The van der Waals surface area contributed by atoms with Gasteiger partial charge in [0.25, 0.3) is 0 Å². The fraction of sp³-hybridized carbons (Fsp3) is 0.800. The molecule has 4 aliphatic carbocycles. The molecule has 4 nitrogen and oxygen atoms in total. The molecule has 0 radical (unpaired) electrons. The van der Waals surface area contributed by atoms with Crippen molar-refractivity contribution in [1.82, 2.24) is 4.98 Å². The number of fused-ring (bicyclic) bond motifs is 5. The number of pyridine rings is 1. The predicted octanol–water partition coefficient (Wildman–Crippen LogP) is 6.17. The van der Waals surface area contributed by atoms with Crippen molar-refractivity contribution in [3.8, 4) is 6.07 Å². The van der Waals surface area contributed by atoms with Gasteiger partial charge in [0, 0.05) is 12.3 Å². The highest BCUT2D eigenvalue weighted by Crippen LogP contribution is 2.65. The fourth-order valence-corrected chi connectivity index (χ4v) is 9.49. The highest BCUT2D eigenvalue weighted by Gasteiger charge is 2.58. The molecule has 1 aromatic heterocycles. The molecule has 1 N–H and O–H groups in total. The lowest BCUT2D eigenvalue weighted by molar-refractivity contribution is -0.129. The second kappa shape index (κ2) is 9.55. The highest BCUT2D eigenvalue weighted by molar-refractivity contribution is 5.22. The maximum atomic E-state index is 11.1. The van der Waals surface area contributed by atoms with E-state index in [2.05, 4.69) is 31.0 Å². The van der Waals surface area contributed by atoms with E-state index < -0.39 is 5.60 Å². The average Bonchev–Trinajstić information content (AvgIpc) is 3.20. The standard InChI is InChI=1S/C30H44N2O2/c1-4-34-19-30(33)15-13-24-21(17-30)8-9-26-25(24)12-14-29(3)27(10-11-28(26)29)20(2)16-22-6-5-7-23(18-31)32-22/h5-7,20-21,24-28,33H,4,8-17,19H2,1-3H3/t20-,21-,24+,25-,26-,27?,28+,29-,30-/m1/s1. The van der Waals surface area contributed by atoms with Gasteiger partial charge in [-0.25, -0.2) is 4.98 Å². The third-order valence-electron chi connectivity index (χ3n) is 10.9. The molecule has 34 heavy (non-hydrogen) atoms. The lowest BCUT2D eigenvalue weighted by atomic mass is 9.48. The van der Waals surface area contributed by atoms with E-state index in [1.165, 1.54) is 44.9 Å². The van der Waals surface area contributed by atoms with Gasteiger partial charge in [-0.05, 0) is 130 Å². The maximum absolute atomic E-state index is 11.1. The van der Waals surface area contributed by atoms with Gasteiger partial charge < -0.3 is 9.84 Å². The van der Waals surface area contributed by atoms with Gasteiger partial charge >= 0.3 is 0 Å². The van der Waals surface area contributed by atoms with Crippen LogP contribution in [0, 0.1) is 58.2 Å². The first-order valence-electron chi connectivity index (χ1n) is 14.0. The second-order valence-electron chi connectivity index (χ2n) is 12.6. The maximum Gasteiger partial charge on any atom is 0.140 e. The molecule has 0 spiro atoms. The monoisotopic (exact) mass is 464 g/mol. The van der Waals surface area contributed by atoms with Crippen molar-refractivity contribution in [2.75, 3.05) is 13.2 Å². The van der Waals surface area contributed by atoms with Gasteiger partial charge in [0.2, 0.25) is 0 Å². The van der Waals surface area contributed by atoms with Crippen LogP contribution in [0.15, 0.2) is 18.2 Å². The number of rotatable bonds is 6. The summed E-state index contributed by atoms with van der Waals surface area (Å²) >= 11 is 0. The molecule has 1 heterocycles. The number of hydrogen-bond donors (Lipinski definition) is 1. The van der Waals surface area contributed by atoms with E-state index in [0.29, 0.717) is 36.2 Å². The Labute approximate surface area is 206 Å². The first-order chi connectivity index (χ1) is 16.4. The Balaban J connectivity index is 1.26. The Hall–Kier alpha value is -1.44. The van der Waals surface area contributed by atoms with E-state index >= 15 is 0 Å². The minimum absolute atomic E-state index is 0.449. The highest BCUT2D eigenvalue weighted by atomic mass is 16.5. The largest absolute Gasteiger partial charge is 0.387 e. The van der Waals surface area contributed by atoms with Gasteiger partial charge in [0.05, 0.1) is 12.2 Å². The molecule has 4 fully saturated rings. The van der Waals surface area contributed by atoms with Crippen molar-refractivity contribution in [3.05, 3.63) is 29.6 Å². The normalized spacial score (nSPS) is 42.2. The Morgan fingerprint density at radius 3 is 2.74 bits per heavy atom. The summed E-state index contributed by atoms with van der Waals surface area (Å²) in [7, 11) is 0. The number of nitrogens with zero attached hydrogens (tertiary/aromatic N) is 2. The average molecular weight is 465 g/mol. The molecule has 1 aromatic rings. The van der Waals surface area contributed by atoms with E-state index in [0.717, 1.165) is 54.5 Å². The van der Waals surface area contributed by atoms with Crippen molar-refractivity contribution >= 4 is 0 Å². The van der Waals surface area contributed by atoms with E-state index in [1.54, 1.807) is 0 Å². The molecule has 0 amide bonds. The quantitative estimate of drug-likeness (QED) is 0.547. The van der Waals surface area contributed by atoms with Gasteiger partial charge in [-0.15, -0.1) is 0 Å². The molecule has 0 saturated heterocycles. The molecule has 4 saturated carbocycles. The third kappa shape index (κ3) is 4.33. The lowest BCUT2D eigenvalue weighted by Gasteiger charge is -2.57. The molecule has 1 unspecified atom stereocenters. The van der Waals surface area contributed by atoms with E-state index in [4.69, 9.17) is 4.74 Å². The Bertz CT molecular complexity index is 911. The number of ether oxygens (including phenoxy) is 1. The second-order valence-corrected chi connectivity index (χ2v) is 12.6. The first kappa shape index (κ1) is 24.3. The minimum atomic E-state index is -0.585. The molecule has 9 atom stereocenters. The van der Waals surface area contributed by atoms with Crippen molar-refractivity contribution in [2.45, 2.75) is 90.6 Å². The summed E-state index contributed by atoms with van der Waals surface area (Å²) in [5, 5.41) is 20.4. The zero-order chi connectivity index (χ0) is 23.9. The van der Waals surface area contributed by atoms with Crippen LogP contribution < -0.4 is 0 Å². The van der Waals surface area contributed by atoms with Gasteiger partial charge in [0.15, 0.2) is 0 Å². The molecular formula is C30H44N2O2. The molecule has 5 rings (SSSR count). The summed E-state index contributed by atoms with van der Waals surface area (Å²) in [4.78, 5) is 4.58. The molecule has 0 aliphatic heterocycles. The van der Waals surface area contributed by atoms with Crippen molar-refractivity contribution in [2.24, 2.45) is 46.8 Å². The lowest BCUT2D eigenvalue weighted by Crippen LogP contribution is -2.52. The van der Waals surface area contributed by atoms with Crippen LogP contribution in [0.3, 0.4) is 0 Å². The molecule has 186 valence electrons. The summed E-state index contributed by atoms with van der Waals surface area (Å²) in [6, 6.07) is 8.08. The van der Waals surface area contributed by atoms with Gasteiger partial charge in [-0.1, -0.05) is 19.9 Å². The van der Waals surface area contributed by atoms with E-state index in [1.807, 2.05) is 19.1 Å².